The van der Waals surface area contributed by atoms with Crippen molar-refractivity contribution < 1.29 is 40.3 Å². The van der Waals surface area contributed by atoms with Gasteiger partial charge in [-0.2, -0.15) is 26.3 Å². The van der Waals surface area contributed by atoms with Gasteiger partial charge in [-0.1, -0.05) is 18.2 Å². The van der Waals surface area contributed by atoms with Crippen LogP contribution in [0.25, 0.3) is 0 Å². The Labute approximate surface area is 185 Å². The molecule has 1 aromatic rings. The zero-order valence-corrected chi connectivity index (χ0v) is 17.8. The summed E-state index contributed by atoms with van der Waals surface area (Å²) in [6.07, 6.45) is -9.82. The van der Waals surface area contributed by atoms with Crippen molar-refractivity contribution in [2.24, 2.45) is 0 Å². The van der Waals surface area contributed by atoms with Crippen molar-refractivity contribution in [3.05, 3.63) is 34.9 Å². The Hall–Kier alpha value is -2.33. The van der Waals surface area contributed by atoms with E-state index in [0.717, 1.165) is 6.07 Å². The molecule has 2 heterocycles. The fourth-order valence-corrected chi connectivity index (χ4v) is 5.51. The van der Waals surface area contributed by atoms with Crippen LogP contribution in [0, 0.1) is 0 Å². The van der Waals surface area contributed by atoms with Gasteiger partial charge in [0, 0.05) is 37.5 Å². The largest absolute Gasteiger partial charge is 0.435 e. The Bertz CT molecular complexity index is 945. The molecular formula is C22H23F7N2O2. The number of alkyl halides is 7. The van der Waals surface area contributed by atoms with Crippen LogP contribution < -0.4 is 0 Å². The Balaban J connectivity index is 1.61. The van der Waals surface area contributed by atoms with Gasteiger partial charge in [-0.25, -0.2) is 4.39 Å². The number of rotatable bonds is 2. The van der Waals surface area contributed by atoms with Gasteiger partial charge in [0.25, 0.3) is 0 Å². The molecule has 0 radical (unpaired) electrons. The fourth-order valence-electron chi connectivity index (χ4n) is 5.51. The summed E-state index contributed by atoms with van der Waals surface area (Å²) in [6.45, 7) is 0.381. The first kappa shape index (κ1) is 23.8. The summed E-state index contributed by atoms with van der Waals surface area (Å²) in [5.41, 5.74) is -6.15. The van der Waals surface area contributed by atoms with E-state index >= 15 is 0 Å². The molecule has 2 aliphatic heterocycles. The molecule has 3 atom stereocenters. The van der Waals surface area contributed by atoms with Crippen LogP contribution in [-0.4, -0.2) is 59.6 Å². The van der Waals surface area contributed by atoms with Crippen LogP contribution in [0.3, 0.4) is 0 Å². The average molecular weight is 480 g/mol. The summed E-state index contributed by atoms with van der Waals surface area (Å²) in [6, 6.07) is 1.53. The first-order valence-corrected chi connectivity index (χ1v) is 10.8. The number of likely N-dealkylation sites (N-methyl/N-ethyl adjacent to an activating group) is 1. The van der Waals surface area contributed by atoms with Crippen LogP contribution >= 0.6 is 0 Å². The lowest BCUT2D eigenvalue weighted by Gasteiger charge is -2.39. The number of hydrogen-bond donors (Lipinski definition) is 0. The second kappa shape index (κ2) is 7.87. The number of hydrogen-bond acceptors (Lipinski definition) is 2. The molecule has 2 fully saturated rings. The number of carbonyl (C=O) groups is 2. The van der Waals surface area contributed by atoms with Crippen LogP contribution in [0.15, 0.2) is 18.2 Å². The summed E-state index contributed by atoms with van der Waals surface area (Å²) >= 11 is 0. The molecule has 0 bridgehead atoms. The van der Waals surface area contributed by atoms with E-state index in [0.29, 0.717) is 56.3 Å². The van der Waals surface area contributed by atoms with Crippen molar-refractivity contribution in [2.75, 3.05) is 13.6 Å². The van der Waals surface area contributed by atoms with Gasteiger partial charge in [0.05, 0.1) is 0 Å². The number of benzene rings is 1. The third-order valence-electron chi connectivity index (χ3n) is 7.27. The predicted octanol–water partition coefficient (Wildman–Crippen LogP) is 4.62. The number of likely N-dealkylation sites (tertiary alicyclic amines) is 2. The molecule has 0 aromatic heterocycles. The molecule has 2 amide bonds. The highest BCUT2D eigenvalue weighted by Crippen LogP contribution is 2.54. The van der Waals surface area contributed by atoms with E-state index in [4.69, 9.17) is 0 Å². The molecule has 1 aliphatic carbocycles. The van der Waals surface area contributed by atoms with Gasteiger partial charge in [-0.05, 0) is 43.2 Å². The van der Waals surface area contributed by atoms with Crippen LogP contribution in [0.4, 0.5) is 30.7 Å². The second-order valence-electron chi connectivity index (χ2n) is 9.01. The first-order chi connectivity index (χ1) is 15.3. The van der Waals surface area contributed by atoms with Gasteiger partial charge in [-0.15, -0.1) is 0 Å². The topological polar surface area (TPSA) is 40.6 Å². The van der Waals surface area contributed by atoms with Gasteiger partial charge in [0.15, 0.2) is 0 Å². The standard InChI is InChI=1S/C22H23F7N2O2/c1-30-17(3-2-4-18(30)32)19(33)31-10-9-15-14-7-6-13(11-12(14)5-8-16(15)31)20(23,21(24,25)26)22(27,28)29/h6-7,11,15-17H,2-5,8-10H2,1H3/t15-,16?,17?/m0/s1. The summed E-state index contributed by atoms with van der Waals surface area (Å²) in [5.74, 6) is -0.557. The smallest absolute Gasteiger partial charge is 0.337 e. The molecule has 2 saturated heterocycles. The van der Waals surface area contributed by atoms with Crippen LogP contribution in [0.2, 0.25) is 0 Å². The van der Waals surface area contributed by atoms with E-state index in [1.807, 2.05) is 0 Å². The van der Waals surface area contributed by atoms with Crippen LogP contribution in [0.5, 0.6) is 0 Å². The number of aryl methyl sites for hydroxylation is 1. The molecule has 1 aromatic carbocycles. The van der Waals surface area contributed by atoms with Crippen molar-refractivity contribution >= 4 is 11.8 Å². The molecule has 4 rings (SSSR count). The van der Waals surface area contributed by atoms with E-state index in [2.05, 4.69) is 0 Å². The highest BCUT2D eigenvalue weighted by Gasteiger charge is 2.73. The van der Waals surface area contributed by atoms with Crippen molar-refractivity contribution in [1.29, 1.82) is 0 Å². The van der Waals surface area contributed by atoms with Gasteiger partial charge >= 0.3 is 18.0 Å². The minimum atomic E-state index is -6.16. The number of nitrogens with zero attached hydrogens (tertiary/aromatic N) is 2. The Morgan fingerprint density at radius 1 is 0.970 bits per heavy atom. The number of carbonyl (C=O) groups excluding carboxylic acids is 2. The third-order valence-corrected chi connectivity index (χ3v) is 7.27. The molecule has 33 heavy (non-hydrogen) atoms. The van der Waals surface area contributed by atoms with E-state index in [9.17, 15) is 40.3 Å². The summed E-state index contributed by atoms with van der Waals surface area (Å²) in [7, 11) is 1.58. The zero-order valence-electron chi connectivity index (χ0n) is 17.8. The number of piperidine rings is 1. The first-order valence-electron chi connectivity index (χ1n) is 10.8. The molecule has 11 heteroatoms. The summed E-state index contributed by atoms with van der Waals surface area (Å²) in [5, 5.41) is 0. The van der Waals surface area contributed by atoms with E-state index in [-0.39, 0.29) is 35.8 Å². The van der Waals surface area contributed by atoms with Crippen LogP contribution in [-0.2, 0) is 21.7 Å². The number of fused-ring (bicyclic) bond motifs is 3. The maximum absolute atomic E-state index is 14.5. The molecule has 3 aliphatic rings. The highest BCUT2D eigenvalue weighted by atomic mass is 19.4. The maximum atomic E-state index is 14.5. The van der Waals surface area contributed by atoms with Gasteiger partial charge in [0.1, 0.15) is 6.04 Å². The summed E-state index contributed by atoms with van der Waals surface area (Å²) in [4.78, 5) is 28.3. The van der Waals surface area contributed by atoms with E-state index < -0.39 is 29.6 Å². The number of amides is 2. The fraction of sp³-hybridized carbons (Fsp3) is 0.636. The molecule has 0 saturated carbocycles. The Morgan fingerprint density at radius 2 is 1.64 bits per heavy atom. The zero-order chi connectivity index (χ0) is 24.3. The predicted molar refractivity (Wildman–Crippen MR) is 103 cm³/mol. The highest BCUT2D eigenvalue weighted by molar-refractivity contribution is 5.89. The second-order valence-corrected chi connectivity index (χ2v) is 9.01. The van der Waals surface area contributed by atoms with Crippen molar-refractivity contribution in [3.63, 3.8) is 0 Å². The molecular weight excluding hydrogens is 457 g/mol. The van der Waals surface area contributed by atoms with Crippen LogP contribution in [0.1, 0.15) is 54.7 Å². The molecule has 0 N–H and O–H groups in total. The van der Waals surface area contributed by atoms with E-state index in [1.165, 1.54) is 4.90 Å². The lowest BCUT2D eigenvalue weighted by molar-refractivity contribution is -0.348. The van der Waals surface area contributed by atoms with Gasteiger partial charge in [-0.3, -0.25) is 9.59 Å². The van der Waals surface area contributed by atoms with Gasteiger partial charge < -0.3 is 9.80 Å². The number of halogens is 7. The molecule has 4 nitrogen and oxygen atoms in total. The molecule has 2 unspecified atom stereocenters. The third kappa shape index (κ3) is 3.67. The minimum absolute atomic E-state index is 0.110. The molecule has 0 spiro atoms. The SMILES string of the molecule is CN1C(=O)CCCC1C(=O)N1CC[C@H]2c3ccc(C(F)(C(F)(F)F)C(F)(F)F)cc3CCC21. The lowest BCUT2D eigenvalue weighted by atomic mass is 9.77. The Kier molecular flexibility index (Phi) is 5.68. The average Bonchev–Trinajstić information content (AvgIpc) is 3.17. The van der Waals surface area contributed by atoms with Crippen molar-refractivity contribution in [3.8, 4) is 0 Å². The van der Waals surface area contributed by atoms with Crippen molar-refractivity contribution in [2.45, 2.75) is 74.5 Å². The van der Waals surface area contributed by atoms with Crippen molar-refractivity contribution in [1.82, 2.24) is 9.80 Å². The quantitative estimate of drug-likeness (QED) is 0.580. The van der Waals surface area contributed by atoms with E-state index in [1.54, 1.807) is 11.9 Å². The minimum Gasteiger partial charge on any atom is -0.337 e. The molecule has 182 valence electrons. The lowest BCUT2D eigenvalue weighted by Crippen LogP contribution is -2.53. The monoisotopic (exact) mass is 480 g/mol. The Morgan fingerprint density at radius 3 is 2.27 bits per heavy atom. The maximum Gasteiger partial charge on any atom is 0.435 e. The van der Waals surface area contributed by atoms with Gasteiger partial charge in [0.2, 0.25) is 11.8 Å². The normalized spacial score (nSPS) is 26.3. The summed E-state index contributed by atoms with van der Waals surface area (Å²) < 4.78 is 93.3.